The van der Waals surface area contributed by atoms with Gasteiger partial charge in [-0.3, -0.25) is 0 Å². The van der Waals surface area contributed by atoms with Gasteiger partial charge in [0.1, 0.15) is 0 Å². The van der Waals surface area contributed by atoms with E-state index >= 15 is 0 Å². The van der Waals surface area contributed by atoms with Crippen molar-refractivity contribution in [3.05, 3.63) is 48.0 Å². The largest absolute Gasteiger partial charge is 0.388 e. The van der Waals surface area contributed by atoms with E-state index in [9.17, 15) is 5.11 Å². The molecule has 2 aromatic rings. The van der Waals surface area contributed by atoms with Gasteiger partial charge in [0.15, 0.2) is 0 Å². The van der Waals surface area contributed by atoms with Gasteiger partial charge in [0.25, 0.3) is 0 Å². The van der Waals surface area contributed by atoms with Gasteiger partial charge in [0.05, 0.1) is 6.10 Å². The van der Waals surface area contributed by atoms with Crippen molar-refractivity contribution in [2.75, 3.05) is 6.54 Å². The minimum Gasteiger partial charge on any atom is -0.388 e. The molecule has 0 spiro atoms. The Morgan fingerprint density at radius 2 is 1.76 bits per heavy atom. The molecule has 0 heterocycles. The summed E-state index contributed by atoms with van der Waals surface area (Å²) in [5, 5.41) is 12.7. The van der Waals surface area contributed by atoms with Crippen molar-refractivity contribution in [3.8, 4) is 0 Å². The van der Waals surface area contributed by atoms with Crippen LogP contribution in [0.3, 0.4) is 0 Å². The maximum absolute atomic E-state index is 10.5. The fourth-order valence-electron chi connectivity index (χ4n) is 2.02. The second-order valence-corrected chi connectivity index (χ2v) is 5.16. The van der Waals surface area contributed by atoms with Gasteiger partial charge in [-0.05, 0) is 16.3 Å². The zero-order valence-electron chi connectivity index (χ0n) is 10.4. The molecule has 0 aromatic heterocycles. The third-order valence-corrected chi connectivity index (χ3v) is 3.38. The van der Waals surface area contributed by atoms with Crippen LogP contribution >= 0.6 is 0 Å². The Hall–Kier alpha value is -1.38. The first-order valence-electron chi connectivity index (χ1n) is 5.92. The summed E-state index contributed by atoms with van der Waals surface area (Å²) in [6.07, 6.45) is -0.543. The highest BCUT2D eigenvalue weighted by atomic mass is 16.3. The normalized spacial score (nSPS) is 13.9. The van der Waals surface area contributed by atoms with Crippen LogP contribution in [-0.2, 0) is 0 Å². The van der Waals surface area contributed by atoms with Crippen LogP contribution in [0.25, 0.3) is 10.8 Å². The molecule has 0 saturated carbocycles. The van der Waals surface area contributed by atoms with Crippen LogP contribution in [-0.4, -0.2) is 11.7 Å². The molecule has 0 saturated heterocycles. The minimum absolute atomic E-state index is 0.315. The monoisotopic (exact) mass is 229 g/mol. The predicted octanol–water partition coefficient (Wildman–Crippen LogP) is 2.86. The van der Waals surface area contributed by atoms with Gasteiger partial charge in [0, 0.05) is 12.0 Å². The van der Waals surface area contributed by atoms with E-state index in [1.54, 1.807) is 0 Å². The first kappa shape index (κ1) is 12.1. The van der Waals surface area contributed by atoms with Crippen molar-refractivity contribution in [1.29, 1.82) is 0 Å². The summed E-state index contributed by atoms with van der Waals surface area (Å²) in [4.78, 5) is 0. The van der Waals surface area contributed by atoms with Crippen molar-refractivity contribution in [1.82, 2.24) is 0 Å². The topological polar surface area (TPSA) is 46.2 Å². The number of fused-ring (bicyclic) bond motifs is 1. The molecule has 0 aliphatic heterocycles. The van der Waals surface area contributed by atoms with E-state index in [1.807, 2.05) is 44.2 Å². The van der Waals surface area contributed by atoms with E-state index in [2.05, 4.69) is 12.1 Å². The van der Waals surface area contributed by atoms with E-state index in [4.69, 9.17) is 5.73 Å². The molecule has 1 unspecified atom stereocenters. The third-order valence-electron chi connectivity index (χ3n) is 3.38. The number of aliphatic hydroxyl groups is 1. The van der Waals surface area contributed by atoms with Crippen molar-refractivity contribution in [2.24, 2.45) is 11.1 Å². The molecule has 2 nitrogen and oxygen atoms in total. The number of hydrogen-bond donors (Lipinski definition) is 2. The lowest BCUT2D eigenvalue weighted by molar-refractivity contribution is 0.0567. The lowest BCUT2D eigenvalue weighted by atomic mass is 9.81. The molecule has 1 atom stereocenters. The molecule has 2 rings (SSSR count). The van der Waals surface area contributed by atoms with Gasteiger partial charge in [-0.15, -0.1) is 0 Å². The average molecular weight is 229 g/mol. The highest BCUT2D eigenvalue weighted by Crippen LogP contribution is 2.35. The Balaban J connectivity index is 2.56. The zero-order chi connectivity index (χ0) is 12.5. The zero-order valence-corrected chi connectivity index (χ0v) is 10.4. The minimum atomic E-state index is -0.543. The SMILES string of the molecule is CC(C)(CN)C(O)c1cccc2ccccc12. The Morgan fingerprint density at radius 1 is 1.12 bits per heavy atom. The van der Waals surface area contributed by atoms with Crippen molar-refractivity contribution in [3.63, 3.8) is 0 Å². The van der Waals surface area contributed by atoms with Crippen LogP contribution in [0.15, 0.2) is 42.5 Å². The molecule has 2 aromatic carbocycles. The van der Waals surface area contributed by atoms with E-state index in [-0.39, 0.29) is 5.41 Å². The molecule has 90 valence electrons. The molecule has 17 heavy (non-hydrogen) atoms. The second-order valence-electron chi connectivity index (χ2n) is 5.16. The van der Waals surface area contributed by atoms with Gasteiger partial charge >= 0.3 is 0 Å². The average Bonchev–Trinajstić information content (AvgIpc) is 2.37. The predicted molar refractivity (Wildman–Crippen MR) is 71.7 cm³/mol. The summed E-state index contributed by atoms with van der Waals surface area (Å²) in [7, 11) is 0. The molecule has 3 N–H and O–H groups in total. The summed E-state index contributed by atoms with van der Waals surface area (Å²) in [6.45, 7) is 4.43. The quantitative estimate of drug-likeness (QED) is 0.850. The Morgan fingerprint density at radius 3 is 2.47 bits per heavy atom. The maximum Gasteiger partial charge on any atom is 0.0858 e. The van der Waals surface area contributed by atoms with E-state index < -0.39 is 6.10 Å². The lowest BCUT2D eigenvalue weighted by Crippen LogP contribution is -2.30. The van der Waals surface area contributed by atoms with Crippen molar-refractivity contribution >= 4 is 10.8 Å². The molecular formula is C15H19NO. The number of hydrogen-bond acceptors (Lipinski definition) is 2. The maximum atomic E-state index is 10.5. The summed E-state index contributed by atoms with van der Waals surface area (Å²) < 4.78 is 0. The Kier molecular flexibility index (Phi) is 3.18. The molecule has 0 aliphatic rings. The second kappa shape index (κ2) is 4.47. The van der Waals surface area contributed by atoms with Crippen LogP contribution in [0.5, 0.6) is 0 Å². The standard InChI is InChI=1S/C15H19NO/c1-15(2,10-16)14(17)13-9-5-7-11-6-3-4-8-12(11)13/h3-9,14,17H,10,16H2,1-2H3. The lowest BCUT2D eigenvalue weighted by Gasteiger charge is -2.30. The highest BCUT2D eigenvalue weighted by molar-refractivity contribution is 5.86. The first-order chi connectivity index (χ1) is 8.06. The fourth-order valence-corrected chi connectivity index (χ4v) is 2.02. The summed E-state index contributed by atoms with van der Waals surface area (Å²) in [6, 6.07) is 14.1. The van der Waals surface area contributed by atoms with Crippen molar-refractivity contribution in [2.45, 2.75) is 20.0 Å². The van der Waals surface area contributed by atoms with Crippen LogP contribution in [0.1, 0.15) is 25.5 Å². The first-order valence-corrected chi connectivity index (χ1v) is 5.92. The fraction of sp³-hybridized carbons (Fsp3) is 0.333. The van der Waals surface area contributed by atoms with E-state index in [0.717, 1.165) is 16.3 Å². The molecule has 2 heteroatoms. The van der Waals surface area contributed by atoms with Gasteiger partial charge in [0.2, 0.25) is 0 Å². The van der Waals surface area contributed by atoms with Gasteiger partial charge in [-0.2, -0.15) is 0 Å². The van der Waals surface area contributed by atoms with Crippen LogP contribution < -0.4 is 5.73 Å². The summed E-state index contributed by atoms with van der Waals surface area (Å²) in [5.74, 6) is 0. The van der Waals surface area contributed by atoms with Crippen LogP contribution in [0.4, 0.5) is 0 Å². The Labute approximate surface area is 102 Å². The van der Waals surface area contributed by atoms with E-state index in [1.165, 1.54) is 0 Å². The highest BCUT2D eigenvalue weighted by Gasteiger charge is 2.28. The molecule has 0 bridgehead atoms. The summed E-state index contributed by atoms with van der Waals surface area (Å²) >= 11 is 0. The molecule has 0 amide bonds. The van der Waals surface area contributed by atoms with Crippen LogP contribution in [0, 0.1) is 5.41 Å². The molecule has 0 aliphatic carbocycles. The van der Waals surface area contributed by atoms with Gasteiger partial charge in [-0.1, -0.05) is 56.3 Å². The summed E-state index contributed by atoms with van der Waals surface area (Å²) in [5.41, 5.74) is 6.37. The molecule has 0 fully saturated rings. The number of aliphatic hydroxyl groups excluding tert-OH is 1. The number of benzene rings is 2. The van der Waals surface area contributed by atoms with Gasteiger partial charge < -0.3 is 10.8 Å². The Bertz CT molecular complexity index is 514. The van der Waals surface area contributed by atoms with Crippen molar-refractivity contribution < 1.29 is 5.11 Å². The van der Waals surface area contributed by atoms with Gasteiger partial charge in [-0.25, -0.2) is 0 Å². The number of nitrogens with two attached hydrogens (primary N) is 1. The van der Waals surface area contributed by atoms with E-state index in [0.29, 0.717) is 6.54 Å². The van der Waals surface area contributed by atoms with Crippen LogP contribution in [0.2, 0.25) is 0 Å². The third kappa shape index (κ3) is 2.19. The molecule has 0 radical (unpaired) electrons. The smallest absolute Gasteiger partial charge is 0.0858 e. The number of rotatable bonds is 3. The molecular weight excluding hydrogens is 210 g/mol.